The zero-order valence-electron chi connectivity index (χ0n) is 11.3. The van der Waals surface area contributed by atoms with Crippen LogP contribution in [0, 0.1) is 17.2 Å². The van der Waals surface area contributed by atoms with Crippen molar-refractivity contribution >= 4 is 0 Å². The van der Waals surface area contributed by atoms with E-state index in [4.69, 9.17) is 5.26 Å². The Labute approximate surface area is 115 Å². The summed E-state index contributed by atoms with van der Waals surface area (Å²) in [5, 5.41) is 8.99. The number of nitriles is 1. The van der Waals surface area contributed by atoms with E-state index < -0.39 is 0 Å². The summed E-state index contributed by atoms with van der Waals surface area (Å²) < 4.78 is 0. The standard InChI is InChI=1S/C16H21N3/c17-10-15-6-9-19(12-15)16-7-8-18(13-16)11-14-4-2-1-3-5-14/h1-5,15-16H,6-9,11-13H2. The van der Waals surface area contributed by atoms with Crippen molar-refractivity contribution in [1.29, 1.82) is 5.26 Å². The third-order valence-electron chi connectivity index (χ3n) is 4.42. The first-order valence-electron chi connectivity index (χ1n) is 7.25. The summed E-state index contributed by atoms with van der Waals surface area (Å²) in [5.74, 6) is 0.267. The molecular formula is C16H21N3. The predicted octanol–water partition coefficient (Wildman–Crippen LogP) is 2.11. The minimum atomic E-state index is 0.267. The van der Waals surface area contributed by atoms with E-state index in [1.807, 2.05) is 0 Å². The van der Waals surface area contributed by atoms with Crippen molar-refractivity contribution < 1.29 is 0 Å². The third-order valence-corrected chi connectivity index (χ3v) is 4.42. The average Bonchev–Trinajstić information content (AvgIpc) is 3.08. The number of benzene rings is 1. The lowest BCUT2D eigenvalue weighted by molar-refractivity contribution is 0.226. The van der Waals surface area contributed by atoms with Crippen LogP contribution in [-0.2, 0) is 6.54 Å². The maximum absolute atomic E-state index is 8.99. The second kappa shape index (κ2) is 5.73. The normalized spacial score (nSPS) is 28.6. The van der Waals surface area contributed by atoms with Gasteiger partial charge in [0.2, 0.25) is 0 Å². The number of hydrogen-bond acceptors (Lipinski definition) is 3. The van der Waals surface area contributed by atoms with Crippen LogP contribution >= 0.6 is 0 Å². The van der Waals surface area contributed by atoms with Gasteiger partial charge in [-0.1, -0.05) is 30.3 Å². The molecule has 0 N–H and O–H groups in total. The summed E-state index contributed by atoms with van der Waals surface area (Å²) >= 11 is 0. The molecule has 2 aliphatic heterocycles. The maximum Gasteiger partial charge on any atom is 0.0669 e. The van der Waals surface area contributed by atoms with Crippen molar-refractivity contribution in [3.63, 3.8) is 0 Å². The Morgan fingerprint density at radius 3 is 2.68 bits per heavy atom. The van der Waals surface area contributed by atoms with E-state index in [1.165, 1.54) is 18.5 Å². The minimum absolute atomic E-state index is 0.267. The van der Waals surface area contributed by atoms with Gasteiger partial charge in [-0.05, 0) is 24.9 Å². The van der Waals surface area contributed by atoms with Crippen molar-refractivity contribution in [2.24, 2.45) is 5.92 Å². The lowest BCUT2D eigenvalue weighted by Gasteiger charge is -2.23. The van der Waals surface area contributed by atoms with Crippen molar-refractivity contribution in [1.82, 2.24) is 9.80 Å². The summed E-state index contributed by atoms with van der Waals surface area (Å²) in [7, 11) is 0. The lowest BCUT2D eigenvalue weighted by Crippen LogP contribution is -2.35. The van der Waals surface area contributed by atoms with Crippen molar-refractivity contribution in [2.75, 3.05) is 26.2 Å². The average molecular weight is 255 g/mol. The first-order valence-corrected chi connectivity index (χ1v) is 7.25. The molecule has 0 aliphatic carbocycles. The minimum Gasteiger partial charge on any atom is -0.298 e. The fraction of sp³-hybridized carbons (Fsp3) is 0.562. The van der Waals surface area contributed by atoms with E-state index >= 15 is 0 Å². The van der Waals surface area contributed by atoms with Crippen LogP contribution in [0.5, 0.6) is 0 Å². The fourth-order valence-electron chi connectivity index (χ4n) is 3.32. The summed E-state index contributed by atoms with van der Waals surface area (Å²) in [4.78, 5) is 5.07. The number of hydrogen-bond donors (Lipinski definition) is 0. The molecule has 3 rings (SSSR count). The molecule has 0 saturated carbocycles. The van der Waals surface area contributed by atoms with Gasteiger partial charge in [0.15, 0.2) is 0 Å². The van der Waals surface area contributed by atoms with Gasteiger partial charge in [0, 0.05) is 32.2 Å². The first-order chi connectivity index (χ1) is 9.35. The van der Waals surface area contributed by atoms with E-state index in [-0.39, 0.29) is 5.92 Å². The molecule has 1 aromatic rings. The Bertz CT molecular complexity index is 451. The van der Waals surface area contributed by atoms with Crippen LogP contribution in [-0.4, -0.2) is 42.0 Å². The second-order valence-electron chi connectivity index (χ2n) is 5.77. The molecule has 0 spiro atoms. The molecule has 19 heavy (non-hydrogen) atoms. The van der Waals surface area contributed by atoms with E-state index in [2.05, 4.69) is 46.2 Å². The number of rotatable bonds is 3. The van der Waals surface area contributed by atoms with Crippen molar-refractivity contribution in [2.45, 2.75) is 25.4 Å². The first kappa shape index (κ1) is 12.7. The fourth-order valence-corrected chi connectivity index (χ4v) is 3.32. The van der Waals surface area contributed by atoms with Crippen LogP contribution < -0.4 is 0 Å². The molecule has 0 amide bonds. The molecule has 3 nitrogen and oxygen atoms in total. The Morgan fingerprint density at radius 2 is 1.95 bits per heavy atom. The summed E-state index contributed by atoms with van der Waals surface area (Å²) in [6.45, 7) is 5.51. The largest absolute Gasteiger partial charge is 0.298 e. The molecule has 100 valence electrons. The molecule has 2 heterocycles. The van der Waals surface area contributed by atoms with Crippen LogP contribution in [0.3, 0.4) is 0 Å². The summed E-state index contributed by atoms with van der Waals surface area (Å²) in [6.07, 6.45) is 2.32. The van der Waals surface area contributed by atoms with Crippen LogP contribution in [0.15, 0.2) is 30.3 Å². The molecule has 0 aromatic heterocycles. The van der Waals surface area contributed by atoms with E-state index in [1.54, 1.807) is 0 Å². The van der Waals surface area contributed by atoms with Crippen LogP contribution in [0.2, 0.25) is 0 Å². The molecular weight excluding hydrogens is 234 g/mol. The van der Waals surface area contributed by atoms with Gasteiger partial charge in [-0.25, -0.2) is 0 Å². The number of likely N-dealkylation sites (tertiary alicyclic amines) is 2. The van der Waals surface area contributed by atoms with Crippen molar-refractivity contribution in [3.8, 4) is 6.07 Å². The molecule has 3 heteroatoms. The Balaban J connectivity index is 1.52. The zero-order chi connectivity index (χ0) is 13.1. The van der Waals surface area contributed by atoms with Crippen molar-refractivity contribution in [3.05, 3.63) is 35.9 Å². The monoisotopic (exact) mass is 255 g/mol. The molecule has 2 fully saturated rings. The Hall–Kier alpha value is -1.37. The Kier molecular flexibility index (Phi) is 3.82. The summed E-state index contributed by atoms with van der Waals surface area (Å²) in [5.41, 5.74) is 1.40. The molecule has 2 aliphatic rings. The number of nitrogens with zero attached hydrogens (tertiary/aromatic N) is 3. The van der Waals surface area contributed by atoms with Crippen LogP contribution in [0.25, 0.3) is 0 Å². The van der Waals surface area contributed by atoms with E-state index in [0.717, 1.165) is 32.6 Å². The van der Waals surface area contributed by atoms with Gasteiger partial charge in [0.25, 0.3) is 0 Å². The zero-order valence-corrected chi connectivity index (χ0v) is 11.3. The quantitative estimate of drug-likeness (QED) is 0.828. The maximum atomic E-state index is 8.99. The second-order valence-corrected chi connectivity index (χ2v) is 5.77. The molecule has 1 aromatic carbocycles. The van der Waals surface area contributed by atoms with Gasteiger partial charge in [-0.2, -0.15) is 5.26 Å². The highest BCUT2D eigenvalue weighted by Gasteiger charge is 2.32. The summed E-state index contributed by atoms with van der Waals surface area (Å²) in [6, 6.07) is 13.8. The molecule has 2 saturated heterocycles. The van der Waals surface area contributed by atoms with Gasteiger partial charge < -0.3 is 0 Å². The van der Waals surface area contributed by atoms with E-state index in [9.17, 15) is 0 Å². The molecule has 0 radical (unpaired) electrons. The van der Waals surface area contributed by atoms with Gasteiger partial charge in [-0.15, -0.1) is 0 Å². The smallest absolute Gasteiger partial charge is 0.0669 e. The molecule has 0 bridgehead atoms. The van der Waals surface area contributed by atoms with Crippen LogP contribution in [0.4, 0.5) is 0 Å². The SMILES string of the molecule is N#CC1CCN(C2CCN(Cc3ccccc3)C2)C1. The highest BCUT2D eigenvalue weighted by Crippen LogP contribution is 2.24. The highest BCUT2D eigenvalue weighted by molar-refractivity contribution is 5.14. The topological polar surface area (TPSA) is 30.3 Å². The van der Waals surface area contributed by atoms with Crippen LogP contribution in [0.1, 0.15) is 18.4 Å². The third kappa shape index (κ3) is 2.97. The van der Waals surface area contributed by atoms with E-state index in [0.29, 0.717) is 6.04 Å². The van der Waals surface area contributed by atoms with Gasteiger partial charge in [-0.3, -0.25) is 9.80 Å². The van der Waals surface area contributed by atoms with Gasteiger partial charge in [0.05, 0.1) is 12.0 Å². The predicted molar refractivity (Wildman–Crippen MR) is 75.4 cm³/mol. The lowest BCUT2D eigenvalue weighted by atomic mass is 10.1. The molecule has 2 unspecified atom stereocenters. The Morgan fingerprint density at radius 1 is 1.11 bits per heavy atom. The molecule has 2 atom stereocenters. The highest BCUT2D eigenvalue weighted by atomic mass is 15.3. The van der Waals surface area contributed by atoms with Gasteiger partial charge in [0.1, 0.15) is 0 Å². The van der Waals surface area contributed by atoms with Gasteiger partial charge >= 0.3 is 0 Å².